The van der Waals surface area contributed by atoms with Crippen LogP contribution in [0.25, 0.3) is 6.08 Å². The monoisotopic (exact) mass is 306 g/mol. The molecule has 0 bridgehead atoms. The van der Waals surface area contributed by atoms with E-state index in [1.807, 2.05) is 37.3 Å². The van der Waals surface area contributed by atoms with Crippen LogP contribution in [0.3, 0.4) is 0 Å². The summed E-state index contributed by atoms with van der Waals surface area (Å²) in [7, 11) is 1.60. The van der Waals surface area contributed by atoms with Crippen LogP contribution in [0.4, 0.5) is 5.69 Å². The molecule has 0 radical (unpaired) electrons. The SMILES string of the molecule is COc1ccc(C)cc1/C=C/C(=O)Nc1ccc(CC#N)cc1. The van der Waals surface area contributed by atoms with Crippen molar-refractivity contribution in [3.8, 4) is 11.8 Å². The van der Waals surface area contributed by atoms with E-state index in [2.05, 4.69) is 11.4 Å². The Hall–Kier alpha value is -3.06. The first-order chi connectivity index (χ1) is 11.1. The lowest BCUT2D eigenvalue weighted by atomic mass is 10.1. The van der Waals surface area contributed by atoms with E-state index in [0.717, 1.165) is 22.4 Å². The Balaban J connectivity index is 2.04. The van der Waals surface area contributed by atoms with Crippen molar-refractivity contribution in [2.75, 3.05) is 12.4 Å². The molecule has 0 heterocycles. The Labute approximate surface area is 136 Å². The first-order valence-corrected chi connectivity index (χ1v) is 7.22. The molecule has 0 saturated carbocycles. The standard InChI is InChI=1S/C19H18N2O2/c1-14-3-9-18(23-2)16(13-14)6-10-19(22)21-17-7-4-15(5-8-17)11-12-20/h3-10,13H,11H2,1-2H3,(H,21,22)/b10-6+. The van der Waals surface area contributed by atoms with Crippen LogP contribution >= 0.6 is 0 Å². The third-order valence-corrected chi connectivity index (χ3v) is 3.30. The van der Waals surface area contributed by atoms with Crippen molar-refractivity contribution in [2.24, 2.45) is 0 Å². The third-order valence-electron chi connectivity index (χ3n) is 3.30. The van der Waals surface area contributed by atoms with Crippen LogP contribution in [-0.2, 0) is 11.2 Å². The second-order valence-corrected chi connectivity index (χ2v) is 5.10. The van der Waals surface area contributed by atoms with E-state index in [9.17, 15) is 4.79 Å². The van der Waals surface area contributed by atoms with E-state index in [-0.39, 0.29) is 5.91 Å². The van der Waals surface area contributed by atoms with Gasteiger partial charge in [-0.05, 0) is 42.8 Å². The fourth-order valence-corrected chi connectivity index (χ4v) is 2.13. The lowest BCUT2D eigenvalue weighted by Crippen LogP contribution is -2.07. The summed E-state index contributed by atoms with van der Waals surface area (Å²) in [5.41, 5.74) is 3.56. The Morgan fingerprint density at radius 3 is 2.65 bits per heavy atom. The number of rotatable bonds is 5. The van der Waals surface area contributed by atoms with Crippen molar-refractivity contribution in [1.82, 2.24) is 0 Å². The first-order valence-electron chi connectivity index (χ1n) is 7.22. The van der Waals surface area contributed by atoms with Crippen LogP contribution < -0.4 is 10.1 Å². The lowest BCUT2D eigenvalue weighted by Gasteiger charge is -2.06. The van der Waals surface area contributed by atoms with Gasteiger partial charge in [-0.25, -0.2) is 0 Å². The van der Waals surface area contributed by atoms with Gasteiger partial charge in [0.05, 0.1) is 19.6 Å². The van der Waals surface area contributed by atoms with Crippen molar-refractivity contribution in [3.05, 3.63) is 65.2 Å². The molecule has 0 fully saturated rings. The van der Waals surface area contributed by atoms with Gasteiger partial charge in [0.2, 0.25) is 5.91 Å². The molecule has 0 saturated heterocycles. The summed E-state index contributed by atoms with van der Waals surface area (Å²) in [5.74, 6) is 0.502. The molecule has 1 N–H and O–H groups in total. The Morgan fingerprint density at radius 1 is 1.26 bits per heavy atom. The smallest absolute Gasteiger partial charge is 0.248 e. The van der Waals surface area contributed by atoms with Crippen molar-refractivity contribution in [2.45, 2.75) is 13.3 Å². The molecule has 0 spiro atoms. The maximum atomic E-state index is 12.0. The Kier molecular flexibility index (Phi) is 5.54. The van der Waals surface area contributed by atoms with Crippen molar-refractivity contribution in [3.63, 3.8) is 0 Å². The number of hydrogen-bond donors (Lipinski definition) is 1. The predicted octanol–water partition coefficient (Wildman–Crippen LogP) is 3.72. The van der Waals surface area contributed by atoms with Crippen molar-refractivity contribution in [1.29, 1.82) is 5.26 Å². The fraction of sp³-hybridized carbons (Fsp3) is 0.158. The summed E-state index contributed by atoms with van der Waals surface area (Å²) < 4.78 is 5.28. The zero-order valence-electron chi connectivity index (χ0n) is 13.2. The number of nitrogens with one attached hydrogen (secondary N) is 1. The molecule has 2 aromatic carbocycles. The number of anilines is 1. The van der Waals surface area contributed by atoms with Gasteiger partial charge in [-0.1, -0.05) is 23.8 Å². The average molecular weight is 306 g/mol. The minimum Gasteiger partial charge on any atom is -0.496 e. The molecule has 4 heteroatoms. The molecule has 116 valence electrons. The summed E-state index contributed by atoms with van der Waals surface area (Å²) in [4.78, 5) is 12.0. The van der Waals surface area contributed by atoms with Crippen LogP contribution in [0.1, 0.15) is 16.7 Å². The van der Waals surface area contributed by atoms with Gasteiger partial charge in [0.25, 0.3) is 0 Å². The van der Waals surface area contributed by atoms with E-state index >= 15 is 0 Å². The molecule has 4 nitrogen and oxygen atoms in total. The average Bonchev–Trinajstić information content (AvgIpc) is 2.55. The van der Waals surface area contributed by atoms with Gasteiger partial charge in [0.1, 0.15) is 5.75 Å². The van der Waals surface area contributed by atoms with E-state index in [1.165, 1.54) is 6.08 Å². The highest BCUT2D eigenvalue weighted by Gasteiger charge is 2.02. The number of nitrogens with zero attached hydrogens (tertiary/aromatic N) is 1. The van der Waals surface area contributed by atoms with Gasteiger partial charge in [-0.2, -0.15) is 5.26 Å². The molecular weight excluding hydrogens is 288 g/mol. The Morgan fingerprint density at radius 2 is 2.00 bits per heavy atom. The molecule has 0 aromatic heterocycles. The molecule has 1 amide bonds. The molecule has 0 atom stereocenters. The normalized spacial score (nSPS) is 10.3. The minimum absolute atomic E-state index is 0.221. The quantitative estimate of drug-likeness (QED) is 0.856. The van der Waals surface area contributed by atoms with Crippen molar-refractivity contribution >= 4 is 17.7 Å². The number of nitriles is 1. The first kappa shape index (κ1) is 16.3. The number of carbonyl (C=O) groups is 1. The third kappa shape index (κ3) is 4.72. The topological polar surface area (TPSA) is 62.1 Å². The highest BCUT2D eigenvalue weighted by molar-refractivity contribution is 6.02. The van der Waals surface area contributed by atoms with Crippen LogP contribution in [-0.4, -0.2) is 13.0 Å². The number of ether oxygens (including phenoxy) is 1. The molecule has 2 aromatic rings. The van der Waals surface area contributed by atoms with Gasteiger partial charge in [0.15, 0.2) is 0 Å². The van der Waals surface area contributed by atoms with E-state index < -0.39 is 0 Å². The van der Waals surface area contributed by atoms with E-state index in [4.69, 9.17) is 10.00 Å². The maximum Gasteiger partial charge on any atom is 0.248 e. The largest absolute Gasteiger partial charge is 0.496 e. The maximum absolute atomic E-state index is 12.0. The van der Waals surface area contributed by atoms with E-state index in [1.54, 1.807) is 25.3 Å². The molecule has 0 aliphatic carbocycles. The van der Waals surface area contributed by atoms with Crippen LogP contribution in [0.5, 0.6) is 5.75 Å². The number of amides is 1. The van der Waals surface area contributed by atoms with Crippen LogP contribution in [0, 0.1) is 18.3 Å². The summed E-state index contributed by atoms with van der Waals surface area (Å²) >= 11 is 0. The Bertz CT molecular complexity index is 756. The second kappa shape index (κ2) is 7.81. The number of hydrogen-bond acceptors (Lipinski definition) is 3. The van der Waals surface area contributed by atoms with Crippen LogP contribution in [0.2, 0.25) is 0 Å². The molecule has 23 heavy (non-hydrogen) atoms. The summed E-state index contributed by atoms with van der Waals surface area (Å²) in [6.07, 6.45) is 3.56. The molecule has 0 aliphatic heterocycles. The molecular formula is C19H18N2O2. The molecule has 0 aliphatic rings. The van der Waals surface area contributed by atoms with Gasteiger partial charge in [-0.15, -0.1) is 0 Å². The highest BCUT2D eigenvalue weighted by Crippen LogP contribution is 2.21. The molecule has 0 unspecified atom stereocenters. The van der Waals surface area contributed by atoms with Gasteiger partial charge in [-0.3, -0.25) is 4.79 Å². The lowest BCUT2D eigenvalue weighted by molar-refractivity contribution is -0.111. The van der Waals surface area contributed by atoms with Gasteiger partial charge < -0.3 is 10.1 Å². The summed E-state index contributed by atoms with van der Waals surface area (Å²) in [5, 5.41) is 11.4. The molecule has 2 rings (SSSR count). The van der Waals surface area contributed by atoms with Crippen LogP contribution in [0.15, 0.2) is 48.5 Å². The summed E-state index contributed by atoms with van der Waals surface area (Å²) in [6, 6.07) is 15.1. The number of aryl methyl sites for hydroxylation is 1. The number of benzene rings is 2. The van der Waals surface area contributed by atoms with E-state index in [0.29, 0.717) is 12.1 Å². The van der Waals surface area contributed by atoms with Gasteiger partial charge in [0, 0.05) is 17.3 Å². The second-order valence-electron chi connectivity index (χ2n) is 5.10. The zero-order valence-corrected chi connectivity index (χ0v) is 13.2. The minimum atomic E-state index is -0.221. The van der Waals surface area contributed by atoms with Gasteiger partial charge >= 0.3 is 0 Å². The zero-order chi connectivity index (χ0) is 16.7. The number of carbonyl (C=O) groups excluding carboxylic acids is 1. The van der Waals surface area contributed by atoms with Crippen molar-refractivity contribution < 1.29 is 9.53 Å². The summed E-state index contributed by atoms with van der Waals surface area (Å²) in [6.45, 7) is 1.99. The number of methoxy groups -OCH3 is 1. The predicted molar refractivity (Wildman–Crippen MR) is 91.2 cm³/mol. The fourth-order valence-electron chi connectivity index (χ4n) is 2.13. The highest BCUT2D eigenvalue weighted by atomic mass is 16.5.